The van der Waals surface area contributed by atoms with Crippen LogP contribution >= 0.6 is 0 Å². The van der Waals surface area contributed by atoms with Gasteiger partial charge in [0.05, 0.1) is 20.8 Å². The molecule has 3 N–H and O–H groups in total. The van der Waals surface area contributed by atoms with E-state index in [1.165, 1.54) is 63.7 Å². The van der Waals surface area contributed by atoms with E-state index in [1.54, 1.807) is 0 Å². The monoisotopic (exact) mass is 425 g/mol. The SMILES string of the molecule is CNC(=O)c1ccc(NC(=O)CN[C@H](c2ccc(OC)c(OC)c2)C(F)(F)F)cc1. The topological polar surface area (TPSA) is 88.7 Å². The van der Waals surface area contributed by atoms with Gasteiger partial charge in [-0.05, 0) is 42.0 Å². The zero-order valence-corrected chi connectivity index (χ0v) is 16.6. The number of benzene rings is 2. The van der Waals surface area contributed by atoms with Gasteiger partial charge in [0.15, 0.2) is 11.5 Å². The van der Waals surface area contributed by atoms with Crippen LogP contribution in [0.1, 0.15) is 22.0 Å². The summed E-state index contributed by atoms with van der Waals surface area (Å²) in [5, 5.41) is 7.17. The highest BCUT2D eigenvalue weighted by Gasteiger charge is 2.41. The Kier molecular flexibility index (Phi) is 7.65. The van der Waals surface area contributed by atoms with Gasteiger partial charge >= 0.3 is 6.18 Å². The first-order chi connectivity index (χ1) is 14.2. The van der Waals surface area contributed by atoms with Gasteiger partial charge in [-0.1, -0.05) is 6.07 Å². The van der Waals surface area contributed by atoms with Crippen LogP contribution in [0.25, 0.3) is 0 Å². The summed E-state index contributed by atoms with van der Waals surface area (Å²) < 4.78 is 50.7. The van der Waals surface area contributed by atoms with Gasteiger partial charge in [0.25, 0.3) is 5.91 Å². The van der Waals surface area contributed by atoms with E-state index in [2.05, 4.69) is 16.0 Å². The normalized spacial score (nSPS) is 12.1. The molecule has 10 heteroatoms. The first-order valence-electron chi connectivity index (χ1n) is 8.83. The van der Waals surface area contributed by atoms with Crippen LogP contribution in [0.15, 0.2) is 42.5 Å². The van der Waals surface area contributed by atoms with Gasteiger partial charge < -0.3 is 20.1 Å². The van der Waals surface area contributed by atoms with E-state index >= 15 is 0 Å². The average Bonchev–Trinajstić information content (AvgIpc) is 2.72. The van der Waals surface area contributed by atoms with Gasteiger partial charge in [-0.2, -0.15) is 13.2 Å². The van der Waals surface area contributed by atoms with Crippen molar-refractivity contribution < 1.29 is 32.2 Å². The largest absolute Gasteiger partial charge is 0.493 e. The zero-order valence-electron chi connectivity index (χ0n) is 16.6. The second-order valence-electron chi connectivity index (χ2n) is 6.17. The molecule has 7 nitrogen and oxygen atoms in total. The highest BCUT2D eigenvalue weighted by molar-refractivity contribution is 5.96. The third-order valence-corrected chi connectivity index (χ3v) is 4.19. The molecule has 1 atom stereocenters. The maximum absolute atomic E-state index is 13.6. The Hall–Kier alpha value is -3.27. The minimum absolute atomic E-state index is 0.122. The number of carbonyl (C=O) groups is 2. The van der Waals surface area contributed by atoms with Crippen molar-refractivity contribution in [1.82, 2.24) is 10.6 Å². The Bertz CT molecular complexity index is 886. The number of ether oxygens (including phenoxy) is 2. The highest BCUT2D eigenvalue weighted by Crippen LogP contribution is 2.37. The van der Waals surface area contributed by atoms with E-state index in [1.807, 2.05) is 0 Å². The lowest BCUT2D eigenvalue weighted by Crippen LogP contribution is -2.38. The number of alkyl halides is 3. The second-order valence-corrected chi connectivity index (χ2v) is 6.17. The van der Waals surface area contributed by atoms with Crippen LogP contribution < -0.4 is 25.4 Å². The number of carbonyl (C=O) groups excluding carboxylic acids is 2. The fourth-order valence-corrected chi connectivity index (χ4v) is 2.70. The van der Waals surface area contributed by atoms with E-state index in [4.69, 9.17) is 9.47 Å². The van der Waals surface area contributed by atoms with Crippen molar-refractivity contribution in [2.45, 2.75) is 12.2 Å². The average molecular weight is 425 g/mol. The molecule has 0 radical (unpaired) electrons. The molecule has 0 saturated heterocycles. The van der Waals surface area contributed by atoms with E-state index in [9.17, 15) is 22.8 Å². The van der Waals surface area contributed by atoms with Crippen LogP contribution in [0.5, 0.6) is 11.5 Å². The molecule has 2 aromatic rings. The van der Waals surface area contributed by atoms with Gasteiger partial charge in [0.1, 0.15) is 6.04 Å². The van der Waals surface area contributed by atoms with E-state index < -0.39 is 24.7 Å². The molecule has 0 aliphatic rings. The third-order valence-electron chi connectivity index (χ3n) is 4.19. The van der Waals surface area contributed by atoms with Gasteiger partial charge in [0, 0.05) is 18.3 Å². The number of nitrogens with one attached hydrogen (secondary N) is 3. The van der Waals surface area contributed by atoms with E-state index in [-0.39, 0.29) is 17.2 Å². The molecule has 0 spiro atoms. The number of hydrogen-bond donors (Lipinski definition) is 3. The van der Waals surface area contributed by atoms with Crippen molar-refractivity contribution in [2.75, 3.05) is 33.1 Å². The molecule has 0 aromatic heterocycles. The van der Waals surface area contributed by atoms with Crippen molar-refractivity contribution in [3.63, 3.8) is 0 Å². The summed E-state index contributed by atoms with van der Waals surface area (Å²) in [7, 11) is 4.18. The molecule has 2 rings (SSSR count). The van der Waals surface area contributed by atoms with Crippen LogP contribution in [0, 0.1) is 0 Å². The Morgan fingerprint density at radius 1 is 1.00 bits per heavy atom. The Morgan fingerprint density at radius 3 is 2.17 bits per heavy atom. The molecule has 162 valence electrons. The van der Waals surface area contributed by atoms with Crippen LogP contribution in [-0.2, 0) is 4.79 Å². The fraction of sp³-hybridized carbons (Fsp3) is 0.300. The van der Waals surface area contributed by atoms with E-state index in [0.717, 1.165) is 0 Å². The molecule has 30 heavy (non-hydrogen) atoms. The van der Waals surface area contributed by atoms with Crippen molar-refractivity contribution in [3.05, 3.63) is 53.6 Å². The second kappa shape index (κ2) is 9.97. The molecule has 0 unspecified atom stereocenters. The lowest BCUT2D eigenvalue weighted by atomic mass is 10.1. The van der Waals surface area contributed by atoms with Crippen LogP contribution in [0.3, 0.4) is 0 Å². The standard InChI is InChI=1S/C20H22F3N3O4/c1-24-19(28)12-4-7-14(8-5-12)26-17(27)11-25-18(20(21,22)23)13-6-9-15(29-2)16(10-13)30-3/h4-10,18,25H,11H2,1-3H3,(H,24,28)(H,26,27)/t18-/m1/s1. The molecule has 2 aromatic carbocycles. The molecule has 0 aliphatic heterocycles. The summed E-state index contributed by atoms with van der Waals surface area (Å²) in [6, 6.07) is 7.69. The van der Waals surface area contributed by atoms with Crippen LogP contribution in [0.2, 0.25) is 0 Å². The minimum atomic E-state index is -4.64. The zero-order chi connectivity index (χ0) is 22.3. The highest BCUT2D eigenvalue weighted by atomic mass is 19.4. The number of hydrogen-bond acceptors (Lipinski definition) is 5. The maximum Gasteiger partial charge on any atom is 0.407 e. The molecule has 0 fully saturated rings. The molecule has 0 bridgehead atoms. The predicted molar refractivity (Wildman–Crippen MR) is 105 cm³/mol. The van der Waals surface area contributed by atoms with Gasteiger partial charge in [-0.25, -0.2) is 0 Å². The number of rotatable bonds is 8. The van der Waals surface area contributed by atoms with Crippen LogP contribution in [-0.4, -0.2) is 45.8 Å². The van der Waals surface area contributed by atoms with Crippen LogP contribution in [0.4, 0.5) is 18.9 Å². The molecule has 0 aliphatic carbocycles. The lowest BCUT2D eigenvalue weighted by Gasteiger charge is -2.23. The molecular weight excluding hydrogens is 403 g/mol. The quantitative estimate of drug-likeness (QED) is 0.605. The third kappa shape index (κ3) is 5.86. The molecule has 0 heterocycles. The number of methoxy groups -OCH3 is 2. The number of halogens is 3. The summed E-state index contributed by atoms with van der Waals surface area (Å²) in [6.07, 6.45) is -4.64. The molecule has 0 saturated carbocycles. The van der Waals surface area contributed by atoms with Crippen molar-refractivity contribution in [1.29, 1.82) is 0 Å². The number of anilines is 1. The Balaban J connectivity index is 2.07. The number of amides is 2. The predicted octanol–water partition coefficient (Wildman–Crippen LogP) is 2.90. The van der Waals surface area contributed by atoms with Gasteiger partial charge in [-0.3, -0.25) is 14.9 Å². The van der Waals surface area contributed by atoms with Gasteiger partial charge in [0.2, 0.25) is 5.91 Å². The first-order valence-corrected chi connectivity index (χ1v) is 8.83. The summed E-state index contributed by atoms with van der Waals surface area (Å²) in [6.45, 7) is -0.588. The summed E-state index contributed by atoms with van der Waals surface area (Å²) in [5.74, 6) is -0.526. The lowest BCUT2D eigenvalue weighted by molar-refractivity contribution is -0.158. The van der Waals surface area contributed by atoms with Crippen molar-refractivity contribution in [2.24, 2.45) is 0 Å². The van der Waals surface area contributed by atoms with Crippen molar-refractivity contribution >= 4 is 17.5 Å². The van der Waals surface area contributed by atoms with Gasteiger partial charge in [-0.15, -0.1) is 0 Å². The van der Waals surface area contributed by atoms with E-state index in [0.29, 0.717) is 17.0 Å². The molecular formula is C20H22F3N3O4. The first kappa shape index (κ1) is 23.0. The fourth-order valence-electron chi connectivity index (χ4n) is 2.70. The maximum atomic E-state index is 13.6. The summed E-state index contributed by atoms with van der Waals surface area (Å²) in [5.41, 5.74) is 0.617. The molecule has 2 amide bonds. The smallest absolute Gasteiger partial charge is 0.407 e. The van der Waals surface area contributed by atoms with Crippen molar-refractivity contribution in [3.8, 4) is 11.5 Å². The Labute approximate surface area is 171 Å². The summed E-state index contributed by atoms with van der Waals surface area (Å²) >= 11 is 0. The Morgan fingerprint density at radius 2 is 1.63 bits per heavy atom. The summed E-state index contributed by atoms with van der Waals surface area (Å²) in [4.78, 5) is 23.6. The minimum Gasteiger partial charge on any atom is -0.493 e.